The molecule has 1 atom stereocenters. The van der Waals surface area contributed by atoms with Crippen molar-refractivity contribution in [3.63, 3.8) is 0 Å². The first-order valence-electron chi connectivity index (χ1n) is 12.8. The first kappa shape index (κ1) is 27.6. The molecule has 1 aliphatic carbocycles. The van der Waals surface area contributed by atoms with E-state index in [4.69, 9.17) is 4.42 Å². The van der Waals surface area contributed by atoms with Gasteiger partial charge < -0.3 is 9.73 Å². The van der Waals surface area contributed by atoms with Crippen molar-refractivity contribution in [3.8, 4) is 0 Å². The van der Waals surface area contributed by atoms with Crippen molar-refractivity contribution in [1.29, 1.82) is 0 Å². The molecule has 0 aromatic carbocycles. The predicted octanol–water partition coefficient (Wildman–Crippen LogP) is 5.28. The molecular weight excluding hydrogens is 507 g/mol. The van der Waals surface area contributed by atoms with Crippen molar-refractivity contribution in [2.75, 3.05) is 12.3 Å². The van der Waals surface area contributed by atoms with Gasteiger partial charge in [-0.05, 0) is 55.7 Å². The second kappa shape index (κ2) is 10.8. The number of aromatic nitrogens is 1. The summed E-state index contributed by atoms with van der Waals surface area (Å²) >= 11 is 0. The number of hydrogen-bond donors (Lipinski definition) is 1. The molecule has 2 aromatic heterocycles. The first-order chi connectivity index (χ1) is 17.4. The van der Waals surface area contributed by atoms with Crippen molar-refractivity contribution in [3.05, 3.63) is 47.2 Å². The number of nitrogens with one attached hydrogen (secondary N) is 1. The largest absolute Gasteiger partial charge is 0.454 e. The molecule has 0 bridgehead atoms. The number of sulfone groups is 1. The Morgan fingerprint density at radius 2 is 1.92 bits per heavy atom. The average molecular weight is 542 g/mol. The van der Waals surface area contributed by atoms with E-state index in [9.17, 15) is 26.4 Å². The zero-order valence-corrected chi connectivity index (χ0v) is 22.2. The van der Waals surface area contributed by atoms with Gasteiger partial charge in [0.1, 0.15) is 5.76 Å². The van der Waals surface area contributed by atoms with Crippen LogP contribution >= 0.6 is 0 Å². The van der Waals surface area contributed by atoms with E-state index in [0.29, 0.717) is 31.6 Å². The number of halogens is 3. The Morgan fingerprint density at radius 1 is 1.22 bits per heavy atom. The number of carbonyl (C=O) groups excluding carboxylic acids is 1. The third kappa shape index (κ3) is 6.19. The van der Waals surface area contributed by atoms with Crippen molar-refractivity contribution in [2.45, 2.75) is 76.7 Å². The summed E-state index contributed by atoms with van der Waals surface area (Å²) in [5.41, 5.74) is 1.45. The van der Waals surface area contributed by atoms with Crippen LogP contribution in [0.25, 0.3) is 0 Å². The lowest BCUT2D eigenvalue weighted by Crippen LogP contribution is -2.35. The van der Waals surface area contributed by atoms with Gasteiger partial charge in [0.2, 0.25) is 0 Å². The average Bonchev–Trinajstić information content (AvgIpc) is 3.40. The maximum Gasteiger partial charge on any atom is 0.391 e. The van der Waals surface area contributed by atoms with Crippen molar-refractivity contribution >= 4 is 15.7 Å². The Morgan fingerprint density at radius 3 is 2.49 bits per heavy atom. The Labute approximate surface area is 215 Å². The van der Waals surface area contributed by atoms with Gasteiger partial charge in [-0.1, -0.05) is 20.8 Å². The Bertz CT molecular complexity index is 1200. The summed E-state index contributed by atoms with van der Waals surface area (Å²) in [5, 5.41) is 2.76. The molecule has 4 rings (SSSR count). The lowest BCUT2D eigenvalue weighted by molar-refractivity contribution is -0.184. The number of furan rings is 1. The molecular formula is C26H34F3N3O4S. The van der Waals surface area contributed by atoms with Crippen molar-refractivity contribution in [2.24, 2.45) is 17.8 Å². The van der Waals surface area contributed by atoms with Gasteiger partial charge in [-0.25, -0.2) is 8.42 Å². The van der Waals surface area contributed by atoms with E-state index in [1.54, 1.807) is 19.1 Å². The number of amides is 1. The molecule has 11 heteroatoms. The Hall–Kier alpha value is -2.40. The van der Waals surface area contributed by atoms with Gasteiger partial charge in [0, 0.05) is 24.8 Å². The number of nitrogens with zero attached hydrogens (tertiary/aromatic N) is 2. The van der Waals surface area contributed by atoms with E-state index >= 15 is 0 Å². The van der Waals surface area contributed by atoms with E-state index in [0.717, 1.165) is 11.3 Å². The summed E-state index contributed by atoms with van der Waals surface area (Å²) < 4.78 is 68.9. The second-order valence-electron chi connectivity index (χ2n) is 10.4. The molecule has 1 fully saturated rings. The van der Waals surface area contributed by atoms with E-state index in [2.05, 4.69) is 29.0 Å². The molecule has 1 amide bonds. The SMILES string of the molecule is CCS(=O)(=O)c1ccc(CNC(=O)c2cc3c(o2)[C@H](C(C)C)N(CC2CCC(C(F)(F)F)CC2)C3)nc1. The fourth-order valence-electron chi connectivity index (χ4n) is 5.44. The van der Waals surface area contributed by atoms with Gasteiger partial charge in [-0.15, -0.1) is 0 Å². The molecule has 7 nitrogen and oxygen atoms in total. The zero-order valence-electron chi connectivity index (χ0n) is 21.3. The van der Waals surface area contributed by atoms with Crippen LogP contribution in [0.15, 0.2) is 33.7 Å². The van der Waals surface area contributed by atoms with Gasteiger partial charge in [0.25, 0.3) is 5.91 Å². The molecule has 204 valence electrons. The summed E-state index contributed by atoms with van der Waals surface area (Å²) in [7, 11) is -3.34. The first-order valence-corrected chi connectivity index (χ1v) is 14.4. The van der Waals surface area contributed by atoms with Crippen LogP contribution in [0, 0.1) is 17.8 Å². The summed E-state index contributed by atoms with van der Waals surface area (Å²) in [6.45, 7) is 7.15. The predicted molar refractivity (Wildman–Crippen MR) is 131 cm³/mol. The van der Waals surface area contributed by atoms with E-state index in [-0.39, 0.29) is 59.6 Å². The fraction of sp³-hybridized carbons (Fsp3) is 0.615. The molecule has 1 saturated carbocycles. The van der Waals surface area contributed by atoms with Crippen LogP contribution in [0.2, 0.25) is 0 Å². The topological polar surface area (TPSA) is 92.5 Å². The number of hydrogen-bond acceptors (Lipinski definition) is 6. The normalized spacial score (nSPS) is 22.8. The summed E-state index contributed by atoms with van der Waals surface area (Å²) in [5.74, 6) is -0.212. The van der Waals surface area contributed by atoms with Gasteiger partial charge in [0.15, 0.2) is 15.6 Å². The third-order valence-corrected chi connectivity index (χ3v) is 9.22. The van der Waals surface area contributed by atoms with Crippen LogP contribution in [0.1, 0.15) is 80.1 Å². The van der Waals surface area contributed by atoms with Crippen LogP contribution < -0.4 is 5.32 Å². The highest BCUT2D eigenvalue weighted by atomic mass is 32.2. The lowest BCUT2D eigenvalue weighted by atomic mass is 9.81. The van der Waals surface area contributed by atoms with Gasteiger partial charge in [-0.2, -0.15) is 13.2 Å². The highest BCUT2D eigenvalue weighted by Crippen LogP contribution is 2.44. The van der Waals surface area contributed by atoms with Gasteiger partial charge in [-0.3, -0.25) is 14.7 Å². The van der Waals surface area contributed by atoms with Crippen molar-refractivity contribution in [1.82, 2.24) is 15.2 Å². The maximum absolute atomic E-state index is 13.0. The number of carbonyl (C=O) groups is 1. The lowest BCUT2D eigenvalue weighted by Gasteiger charge is -2.35. The molecule has 0 radical (unpaired) electrons. The van der Waals surface area contributed by atoms with Crippen LogP contribution in [-0.2, 0) is 22.9 Å². The van der Waals surface area contributed by atoms with Crippen LogP contribution in [0.5, 0.6) is 0 Å². The van der Waals surface area contributed by atoms with Crippen LogP contribution in [0.4, 0.5) is 13.2 Å². The van der Waals surface area contributed by atoms with Gasteiger partial charge >= 0.3 is 6.18 Å². The molecule has 1 aliphatic heterocycles. The van der Waals surface area contributed by atoms with Crippen LogP contribution in [-0.4, -0.2) is 42.7 Å². The number of fused-ring (bicyclic) bond motifs is 1. The number of pyridine rings is 1. The smallest absolute Gasteiger partial charge is 0.391 e. The number of alkyl halides is 3. The number of rotatable bonds is 8. The van der Waals surface area contributed by atoms with E-state index < -0.39 is 21.9 Å². The van der Waals surface area contributed by atoms with Gasteiger partial charge in [0.05, 0.1) is 34.8 Å². The third-order valence-electron chi connectivity index (χ3n) is 7.50. The zero-order chi connectivity index (χ0) is 27.0. The highest BCUT2D eigenvalue weighted by molar-refractivity contribution is 7.91. The molecule has 2 aromatic rings. The second-order valence-corrected chi connectivity index (χ2v) is 12.7. The molecule has 0 saturated heterocycles. The molecule has 0 spiro atoms. The summed E-state index contributed by atoms with van der Waals surface area (Å²) in [4.78, 5) is 19.3. The minimum absolute atomic E-state index is 0.0120. The molecule has 0 unspecified atom stereocenters. The molecule has 3 heterocycles. The standard InChI is InChI=1S/C26H34F3N3O4S/c1-4-37(34,35)21-10-9-20(30-13-21)12-31-25(33)22-11-18-15-32(23(16(2)3)24(18)36-22)14-17-5-7-19(8-6-17)26(27,28)29/h9-11,13,16-17,19,23H,4-8,12,14-15H2,1-3H3,(H,31,33)/t17?,19?,23-/m0/s1. The quantitative estimate of drug-likeness (QED) is 0.489. The Balaban J connectivity index is 1.36. The molecule has 2 aliphatic rings. The summed E-state index contributed by atoms with van der Waals surface area (Å²) in [6, 6.07) is 4.75. The highest BCUT2D eigenvalue weighted by Gasteiger charge is 2.43. The maximum atomic E-state index is 13.0. The molecule has 37 heavy (non-hydrogen) atoms. The monoisotopic (exact) mass is 541 g/mol. The minimum atomic E-state index is -4.10. The van der Waals surface area contributed by atoms with Crippen molar-refractivity contribution < 1.29 is 30.8 Å². The van der Waals surface area contributed by atoms with Crippen LogP contribution in [0.3, 0.4) is 0 Å². The Kier molecular flexibility index (Phi) is 8.04. The summed E-state index contributed by atoms with van der Waals surface area (Å²) in [6.07, 6.45) is -1.30. The van der Waals surface area contributed by atoms with E-state index in [1.165, 1.54) is 12.3 Å². The van der Waals surface area contributed by atoms with E-state index in [1.807, 2.05) is 0 Å². The minimum Gasteiger partial charge on any atom is -0.454 e. The fourth-order valence-corrected chi connectivity index (χ4v) is 6.26. The molecule has 1 N–H and O–H groups in total.